The maximum atomic E-state index is 15.2. The van der Waals surface area contributed by atoms with Crippen molar-refractivity contribution in [2.24, 2.45) is 0 Å². The summed E-state index contributed by atoms with van der Waals surface area (Å²) in [5, 5.41) is 13.4. The van der Waals surface area contributed by atoms with Crippen molar-refractivity contribution >= 4 is 33.8 Å². The number of alkyl halides is 3. The van der Waals surface area contributed by atoms with Gasteiger partial charge < -0.3 is 25.0 Å². The van der Waals surface area contributed by atoms with E-state index in [2.05, 4.69) is 10.3 Å². The number of aromatic nitrogens is 1. The standard InChI is InChI=1S/C24H28F4N4O3S/c1-23(35-2)11-31(12-23)22-30-19(18(36-22)10-24(26,27)28)21(34)29-13-8-16(25)20(17(33)9-13)32-14-4-3-5-15(32)7-6-14/h8-9,14-15,33H,3-7,10-12H2,1-2H3,(H,29,34). The molecule has 4 heterocycles. The summed E-state index contributed by atoms with van der Waals surface area (Å²) < 4.78 is 60.2. The lowest BCUT2D eigenvalue weighted by atomic mass is 9.97. The van der Waals surface area contributed by atoms with Gasteiger partial charge in [-0.15, -0.1) is 11.3 Å². The third-order valence-electron chi connectivity index (χ3n) is 7.33. The molecule has 2 aromatic rings. The number of benzene rings is 1. The monoisotopic (exact) mass is 528 g/mol. The van der Waals surface area contributed by atoms with Gasteiger partial charge in [0.05, 0.1) is 25.1 Å². The van der Waals surface area contributed by atoms with Gasteiger partial charge in [-0.3, -0.25) is 4.79 Å². The van der Waals surface area contributed by atoms with Crippen LogP contribution in [0.4, 0.5) is 34.1 Å². The molecule has 1 amide bonds. The van der Waals surface area contributed by atoms with Gasteiger partial charge in [0.2, 0.25) is 0 Å². The summed E-state index contributed by atoms with van der Waals surface area (Å²) in [6, 6.07) is 2.67. The number of nitrogens with one attached hydrogen (secondary N) is 1. The molecular formula is C24H28F4N4O3S. The Labute approximate surface area is 210 Å². The number of phenolic OH excluding ortho intramolecular Hbond substituents is 1. The molecule has 196 valence electrons. The first-order valence-corrected chi connectivity index (χ1v) is 12.8. The Hall–Kier alpha value is -2.60. The zero-order valence-electron chi connectivity index (χ0n) is 20.0. The minimum Gasteiger partial charge on any atom is -0.506 e. The zero-order valence-corrected chi connectivity index (χ0v) is 20.8. The van der Waals surface area contributed by atoms with Crippen LogP contribution in [0.25, 0.3) is 0 Å². The molecule has 3 aliphatic heterocycles. The lowest BCUT2D eigenvalue weighted by Crippen LogP contribution is -2.61. The molecule has 12 heteroatoms. The number of carbonyl (C=O) groups is 1. The second kappa shape index (κ2) is 9.05. The van der Waals surface area contributed by atoms with Crippen LogP contribution in [-0.4, -0.2) is 60.1 Å². The van der Waals surface area contributed by atoms with Gasteiger partial charge in [-0.2, -0.15) is 13.2 Å². The number of piperidine rings is 1. The van der Waals surface area contributed by atoms with E-state index in [1.54, 1.807) is 12.0 Å². The van der Waals surface area contributed by atoms with E-state index >= 15 is 4.39 Å². The molecule has 0 radical (unpaired) electrons. The second-order valence-electron chi connectivity index (χ2n) is 10.1. The maximum Gasteiger partial charge on any atom is 0.393 e. The first kappa shape index (κ1) is 25.1. The van der Waals surface area contributed by atoms with Gasteiger partial charge in [-0.1, -0.05) is 0 Å². The molecule has 0 spiro atoms. The zero-order chi connectivity index (χ0) is 25.8. The van der Waals surface area contributed by atoms with Crippen LogP contribution in [0.3, 0.4) is 0 Å². The van der Waals surface area contributed by atoms with Crippen LogP contribution in [0.1, 0.15) is 54.4 Å². The van der Waals surface area contributed by atoms with Gasteiger partial charge in [-0.25, -0.2) is 9.37 Å². The molecule has 3 aliphatic rings. The molecular weight excluding hydrogens is 500 g/mol. The quantitative estimate of drug-likeness (QED) is 0.509. The normalized spacial score (nSPS) is 23.1. The molecule has 36 heavy (non-hydrogen) atoms. The van der Waals surface area contributed by atoms with E-state index in [0.717, 1.165) is 49.5 Å². The highest BCUT2D eigenvalue weighted by atomic mass is 32.1. The Morgan fingerprint density at radius 1 is 1.25 bits per heavy atom. The third-order valence-corrected chi connectivity index (χ3v) is 8.45. The number of nitrogens with zero attached hydrogens (tertiary/aromatic N) is 3. The number of hydrogen-bond donors (Lipinski definition) is 2. The van der Waals surface area contributed by atoms with Crippen molar-refractivity contribution in [3.05, 3.63) is 28.5 Å². The van der Waals surface area contributed by atoms with Gasteiger partial charge in [0.25, 0.3) is 5.91 Å². The largest absolute Gasteiger partial charge is 0.506 e. The van der Waals surface area contributed by atoms with Crippen molar-refractivity contribution in [2.75, 3.05) is 35.3 Å². The van der Waals surface area contributed by atoms with Gasteiger partial charge in [0.15, 0.2) is 10.9 Å². The summed E-state index contributed by atoms with van der Waals surface area (Å²) in [7, 11) is 1.56. The second-order valence-corrected chi connectivity index (χ2v) is 11.1. The molecule has 2 bridgehead atoms. The van der Waals surface area contributed by atoms with E-state index < -0.39 is 29.9 Å². The van der Waals surface area contributed by atoms with E-state index in [4.69, 9.17) is 4.74 Å². The van der Waals surface area contributed by atoms with Crippen LogP contribution in [0, 0.1) is 5.82 Å². The van der Waals surface area contributed by atoms with E-state index in [1.165, 1.54) is 6.07 Å². The molecule has 5 rings (SSSR count). The Morgan fingerprint density at radius 2 is 1.92 bits per heavy atom. The van der Waals surface area contributed by atoms with Crippen LogP contribution in [0.5, 0.6) is 5.75 Å². The summed E-state index contributed by atoms with van der Waals surface area (Å²) in [5.74, 6) is -1.88. The number of aromatic hydroxyl groups is 1. The summed E-state index contributed by atoms with van der Waals surface area (Å²) >= 11 is 0.804. The average molecular weight is 529 g/mol. The number of methoxy groups -OCH3 is 1. The van der Waals surface area contributed by atoms with Crippen LogP contribution in [0.15, 0.2) is 12.1 Å². The summed E-state index contributed by atoms with van der Waals surface area (Å²) in [4.78, 5) is 20.6. The average Bonchev–Trinajstić information content (AvgIpc) is 3.26. The van der Waals surface area contributed by atoms with Crippen molar-refractivity contribution in [3.8, 4) is 5.75 Å². The number of anilines is 3. The highest BCUT2D eigenvalue weighted by Crippen LogP contribution is 2.45. The smallest absolute Gasteiger partial charge is 0.393 e. The number of thiazole rings is 1. The number of amides is 1. The lowest BCUT2D eigenvalue weighted by Gasteiger charge is -2.46. The molecule has 7 nitrogen and oxygen atoms in total. The minimum atomic E-state index is -4.53. The Balaban J connectivity index is 1.38. The van der Waals surface area contributed by atoms with Crippen LogP contribution >= 0.6 is 11.3 Å². The van der Waals surface area contributed by atoms with Crippen molar-refractivity contribution in [2.45, 2.75) is 69.3 Å². The van der Waals surface area contributed by atoms with Gasteiger partial charge in [0, 0.05) is 35.8 Å². The molecule has 2 N–H and O–H groups in total. The summed E-state index contributed by atoms with van der Waals surface area (Å²) in [5.41, 5.74) is -0.723. The maximum absolute atomic E-state index is 15.2. The van der Waals surface area contributed by atoms with Gasteiger partial charge in [-0.05, 0) is 45.1 Å². The molecule has 2 atom stereocenters. The van der Waals surface area contributed by atoms with Crippen LogP contribution < -0.4 is 15.1 Å². The van der Waals surface area contributed by atoms with Crippen LogP contribution in [-0.2, 0) is 11.2 Å². The highest BCUT2D eigenvalue weighted by Gasteiger charge is 2.42. The third kappa shape index (κ3) is 4.72. The minimum absolute atomic E-state index is 0.0495. The molecule has 2 unspecified atom stereocenters. The molecule has 0 aliphatic carbocycles. The molecule has 1 aromatic heterocycles. The van der Waals surface area contributed by atoms with E-state index in [9.17, 15) is 23.1 Å². The van der Waals surface area contributed by atoms with Crippen molar-refractivity contribution in [1.82, 2.24) is 4.98 Å². The van der Waals surface area contributed by atoms with E-state index in [0.29, 0.717) is 18.2 Å². The number of carbonyl (C=O) groups excluding carboxylic acids is 1. The first-order chi connectivity index (χ1) is 17.0. The van der Waals surface area contributed by atoms with E-state index in [1.807, 2.05) is 11.8 Å². The number of ether oxygens (including phenoxy) is 1. The topological polar surface area (TPSA) is 77.9 Å². The lowest BCUT2D eigenvalue weighted by molar-refractivity contribution is -0.126. The Kier molecular flexibility index (Phi) is 6.30. The fraction of sp³-hybridized carbons (Fsp3) is 0.583. The van der Waals surface area contributed by atoms with Crippen LogP contribution in [0.2, 0.25) is 0 Å². The number of rotatable bonds is 6. The fourth-order valence-corrected chi connectivity index (χ4v) is 6.65. The molecule has 3 fully saturated rings. The van der Waals surface area contributed by atoms with Crippen molar-refractivity contribution in [1.29, 1.82) is 0 Å². The predicted molar refractivity (Wildman–Crippen MR) is 129 cm³/mol. The van der Waals surface area contributed by atoms with Crippen molar-refractivity contribution < 1.29 is 32.2 Å². The molecule has 3 saturated heterocycles. The van der Waals surface area contributed by atoms with Gasteiger partial charge >= 0.3 is 6.18 Å². The first-order valence-electron chi connectivity index (χ1n) is 11.9. The van der Waals surface area contributed by atoms with E-state index in [-0.39, 0.29) is 39.8 Å². The van der Waals surface area contributed by atoms with Crippen molar-refractivity contribution in [3.63, 3.8) is 0 Å². The molecule has 0 saturated carbocycles. The SMILES string of the molecule is COC1(C)CN(c2nc(C(=O)Nc3cc(O)c(N4C5CCCC4CC5)c(F)c3)c(CC(F)(F)F)s2)C1. The number of halogens is 4. The number of phenols is 1. The number of fused-ring (bicyclic) bond motifs is 2. The Bertz CT molecular complexity index is 1130. The Morgan fingerprint density at radius 3 is 2.50 bits per heavy atom. The highest BCUT2D eigenvalue weighted by molar-refractivity contribution is 7.16. The summed E-state index contributed by atoms with van der Waals surface area (Å²) in [6.07, 6.45) is -1.02. The van der Waals surface area contributed by atoms with Gasteiger partial charge in [0.1, 0.15) is 17.1 Å². The number of hydrogen-bond acceptors (Lipinski definition) is 7. The predicted octanol–water partition coefficient (Wildman–Crippen LogP) is 5.09. The fourth-order valence-electron chi connectivity index (χ4n) is 5.56. The molecule has 1 aromatic carbocycles. The summed E-state index contributed by atoms with van der Waals surface area (Å²) in [6.45, 7) is 2.74.